The van der Waals surface area contributed by atoms with Gasteiger partial charge in [0.1, 0.15) is 0 Å². The van der Waals surface area contributed by atoms with Crippen LogP contribution in [-0.4, -0.2) is 27.2 Å². The van der Waals surface area contributed by atoms with Crippen LogP contribution in [0.3, 0.4) is 0 Å². The summed E-state index contributed by atoms with van der Waals surface area (Å²) in [5.74, 6) is -0.0458. The lowest BCUT2D eigenvalue weighted by molar-refractivity contribution is 0.0990. The second-order valence-electron chi connectivity index (χ2n) is 7.21. The Bertz CT molecular complexity index is 1180. The van der Waals surface area contributed by atoms with Gasteiger partial charge in [0.05, 0.1) is 22.3 Å². The van der Waals surface area contributed by atoms with Crippen LogP contribution in [0.15, 0.2) is 60.7 Å². The number of rotatable bonds is 4. The lowest BCUT2D eigenvalue weighted by atomic mass is 10.0. The Balaban J connectivity index is 1.92. The molecule has 0 saturated carbocycles. The molecule has 0 spiro atoms. The molecule has 0 saturated heterocycles. The molecule has 2 heterocycles. The first-order valence-corrected chi connectivity index (χ1v) is 9.78. The van der Waals surface area contributed by atoms with Crippen LogP contribution in [0.25, 0.3) is 22.3 Å². The first-order valence-electron chi connectivity index (χ1n) is 9.78. The molecule has 2 aromatic heterocycles. The molecule has 1 amide bonds. The Morgan fingerprint density at radius 2 is 1.72 bits per heavy atom. The molecule has 0 unspecified atom stereocenters. The maximum absolute atomic E-state index is 13.7. The number of benzene rings is 2. The molecule has 0 bridgehead atoms. The minimum Gasteiger partial charge on any atom is -0.309 e. The third-order valence-electron chi connectivity index (χ3n) is 5.18. The van der Waals surface area contributed by atoms with Gasteiger partial charge in [-0.2, -0.15) is 5.10 Å². The lowest BCUT2D eigenvalue weighted by Gasteiger charge is -2.22. The van der Waals surface area contributed by atoms with Gasteiger partial charge < -0.3 is 4.90 Å². The van der Waals surface area contributed by atoms with Crippen LogP contribution in [0, 0.1) is 13.8 Å². The molecule has 5 heteroatoms. The number of hydrogen-bond acceptors (Lipinski definition) is 3. The van der Waals surface area contributed by atoms with E-state index in [4.69, 9.17) is 4.98 Å². The topological polar surface area (TPSA) is 51.0 Å². The summed E-state index contributed by atoms with van der Waals surface area (Å²) in [6, 6.07) is 19.8. The van der Waals surface area contributed by atoms with Crippen molar-refractivity contribution in [3.63, 3.8) is 0 Å². The van der Waals surface area contributed by atoms with Gasteiger partial charge in [-0.1, -0.05) is 48.0 Å². The Morgan fingerprint density at radius 1 is 1.03 bits per heavy atom. The van der Waals surface area contributed by atoms with E-state index in [9.17, 15) is 4.79 Å². The van der Waals surface area contributed by atoms with Gasteiger partial charge in [0.25, 0.3) is 5.91 Å². The lowest BCUT2D eigenvalue weighted by Crippen LogP contribution is -2.30. The molecule has 4 aromatic rings. The molecule has 0 atom stereocenters. The number of carbonyl (C=O) groups excluding carboxylic acids is 1. The van der Waals surface area contributed by atoms with E-state index in [1.54, 1.807) is 9.58 Å². The zero-order valence-electron chi connectivity index (χ0n) is 17.2. The van der Waals surface area contributed by atoms with Gasteiger partial charge in [-0.25, -0.2) is 4.98 Å². The van der Waals surface area contributed by atoms with Crippen molar-refractivity contribution in [1.29, 1.82) is 0 Å². The highest BCUT2D eigenvalue weighted by Crippen LogP contribution is 2.29. The Morgan fingerprint density at radius 3 is 2.38 bits per heavy atom. The summed E-state index contributed by atoms with van der Waals surface area (Å²) >= 11 is 0. The number of hydrogen-bond donors (Lipinski definition) is 0. The normalized spacial score (nSPS) is 11.0. The van der Waals surface area contributed by atoms with Gasteiger partial charge in [-0.05, 0) is 39.0 Å². The molecule has 2 aromatic carbocycles. The minimum absolute atomic E-state index is 0.0458. The zero-order valence-corrected chi connectivity index (χ0v) is 17.2. The molecule has 29 heavy (non-hydrogen) atoms. The molecular weight excluding hydrogens is 360 g/mol. The first kappa shape index (κ1) is 18.9. The van der Waals surface area contributed by atoms with Crippen LogP contribution in [0.4, 0.5) is 5.69 Å². The molecule has 0 aliphatic heterocycles. The van der Waals surface area contributed by atoms with E-state index < -0.39 is 0 Å². The van der Waals surface area contributed by atoms with E-state index in [1.165, 1.54) is 5.56 Å². The number of amides is 1. The van der Waals surface area contributed by atoms with E-state index >= 15 is 0 Å². The second-order valence-corrected chi connectivity index (χ2v) is 7.21. The highest BCUT2D eigenvalue weighted by molar-refractivity contribution is 6.14. The van der Waals surface area contributed by atoms with Gasteiger partial charge in [0.15, 0.2) is 5.65 Å². The number of anilines is 1. The predicted octanol–water partition coefficient (Wildman–Crippen LogP) is 4.92. The van der Waals surface area contributed by atoms with Gasteiger partial charge in [-0.3, -0.25) is 9.48 Å². The van der Waals surface area contributed by atoms with Crippen molar-refractivity contribution in [2.24, 2.45) is 7.05 Å². The first-order chi connectivity index (χ1) is 14.0. The van der Waals surface area contributed by atoms with Crippen LogP contribution in [0.2, 0.25) is 0 Å². The highest BCUT2D eigenvalue weighted by atomic mass is 16.2. The van der Waals surface area contributed by atoms with Gasteiger partial charge >= 0.3 is 0 Å². The Labute approximate surface area is 170 Å². The molecule has 0 radical (unpaired) electrons. The fourth-order valence-corrected chi connectivity index (χ4v) is 3.68. The highest BCUT2D eigenvalue weighted by Gasteiger charge is 2.23. The van der Waals surface area contributed by atoms with E-state index in [-0.39, 0.29) is 5.91 Å². The van der Waals surface area contributed by atoms with Crippen LogP contribution >= 0.6 is 0 Å². The van der Waals surface area contributed by atoms with E-state index in [0.29, 0.717) is 17.8 Å². The van der Waals surface area contributed by atoms with Crippen molar-refractivity contribution in [3.8, 4) is 11.3 Å². The average Bonchev–Trinajstić information content (AvgIpc) is 3.03. The fourth-order valence-electron chi connectivity index (χ4n) is 3.68. The maximum atomic E-state index is 13.7. The summed E-state index contributed by atoms with van der Waals surface area (Å²) in [7, 11) is 1.87. The van der Waals surface area contributed by atoms with Crippen LogP contribution in [0.5, 0.6) is 0 Å². The van der Waals surface area contributed by atoms with Gasteiger partial charge in [-0.15, -0.1) is 0 Å². The van der Waals surface area contributed by atoms with Crippen LogP contribution in [-0.2, 0) is 7.05 Å². The minimum atomic E-state index is -0.0458. The molecule has 0 aliphatic carbocycles. The van der Waals surface area contributed by atoms with Gasteiger partial charge in [0, 0.05) is 24.8 Å². The largest absolute Gasteiger partial charge is 0.309 e. The fraction of sp³-hybridized carbons (Fsp3) is 0.208. The Hall–Kier alpha value is -3.47. The molecule has 0 aliphatic rings. The summed E-state index contributed by atoms with van der Waals surface area (Å²) < 4.78 is 1.75. The molecule has 146 valence electrons. The number of fused-ring (bicyclic) bond motifs is 1. The monoisotopic (exact) mass is 384 g/mol. The van der Waals surface area contributed by atoms with Crippen molar-refractivity contribution in [1.82, 2.24) is 14.8 Å². The summed E-state index contributed by atoms with van der Waals surface area (Å²) in [5.41, 5.74) is 5.96. The second kappa shape index (κ2) is 7.51. The standard InChI is InChI=1S/C24H24N4O/c1-5-28(19-9-7-6-8-10-19)24(29)20-15-21(18-13-11-16(2)12-14-18)25-23-22(20)17(3)26-27(23)4/h6-15H,5H2,1-4H3. The average molecular weight is 384 g/mol. The van der Waals surface area contributed by atoms with Crippen LogP contribution in [0.1, 0.15) is 28.5 Å². The van der Waals surface area contributed by atoms with E-state index in [2.05, 4.69) is 24.2 Å². The quantitative estimate of drug-likeness (QED) is 0.502. The summed E-state index contributed by atoms with van der Waals surface area (Å²) in [4.78, 5) is 20.3. The van der Waals surface area contributed by atoms with Crippen molar-refractivity contribution in [2.45, 2.75) is 20.8 Å². The number of nitrogens with zero attached hydrogens (tertiary/aromatic N) is 4. The smallest absolute Gasteiger partial charge is 0.259 e. The molecule has 5 nitrogen and oxygen atoms in total. The van der Waals surface area contributed by atoms with Crippen LogP contribution < -0.4 is 4.90 Å². The number of carbonyl (C=O) groups is 1. The predicted molar refractivity (Wildman–Crippen MR) is 117 cm³/mol. The number of para-hydroxylation sites is 1. The maximum Gasteiger partial charge on any atom is 0.259 e. The van der Waals surface area contributed by atoms with Crippen molar-refractivity contribution < 1.29 is 4.79 Å². The molecule has 0 fully saturated rings. The third-order valence-corrected chi connectivity index (χ3v) is 5.18. The third kappa shape index (κ3) is 3.40. The molecular formula is C24H24N4O. The SMILES string of the molecule is CCN(C(=O)c1cc(-c2ccc(C)cc2)nc2c1c(C)nn2C)c1ccccc1. The number of aromatic nitrogens is 3. The Kier molecular flexibility index (Phi) is 4.89. The van der Waals surface area contributed by atoms with Crippen molar-refractivity contribution in [2.75, 3.05) is 11.4 Å². The van der Waals surface area contributed by atoms with Crippen molar-refractivity contribution in [3.05, 3.63) is 77.5 Å². The summed E-state index contributed by atoms with van der Waals surface area (Å²) in [6.07, 6.45) is 0. The zero-order chi connectivity index (χ0) is 20.5. The summed E-state index contributed by atoms with van der Waals surface area (Å²) in [5, 5.41) is 5.33. The number of aryl methyl sites for hydroxylation is 3. The van der Waals surface area contributed by atoms with Crippen molar-refractivity contribution >= 4 is 22.6 Å². The van der Waals surface area contributed by atoms with Gasteiger partial charge in [0.2, 0.25) is 0 Å². The van der Waals surface area contributed by atoms with E-state index in [0.717, 1.165) is 28.0 Å². The molecule has 4 rings (SSSR count). The molecule has 0 N–H and O–H groups in total. The van der Waals surface area contributed by atoms with E-state index in [1.807, 2.05) is 69.4 Å². The number of pyridine rings is 1. The summed E-state index contributed by atoms with van der Waals surface area (Å²) in [6.45, 7) is 6.54.